The molecule has 0 radical (unpaired) electrons. The average molecular weight is 214 g/mol. The number of aromatic carboxylic acids is 1. The van der Waals surface area contributed by atoms with Crippen molar-refractivity contribution in [1.82, 2.24) is 0 Å². The minimum atomic E-state index is -1.19. The fourth-order valence-corrected chi connectivity index (χ4v) is 1.25. The van der Waals surface area contributed by atoms with E-state index in [-0.39, 0.29) is 40.9 Å². The molecule has 0 bridgehead atoms. The number of benzene rings is 1. The summed E-state index contributed by atoms with van der Waals surface area (Å²) in [5.41, 5.74) is 0.830. The van der Waals surface area contributed by atoms with Gasteiger partial charge in [-0.1, -0.05) is 24.3 Å². The number of carbonyl (C=O) groups is 2. The van der Waals surface area contributed by atoms with Gasteiger partial charge in [-0.2, -0.15) is 0 Å². The van der Waals surface area contributed by atoms with Crippen molar-refractivity contribution >= 4 is 11.8 Å². The number of rotatable bonds is 4. The Balaban J connectivity index is 0.00000196. The van der Waals surface area contributed by atoms with Gasteiger partial charge in [0.25, 0.3) is 0 Å². The second-order valence-electron chi connectivity index (χ2n) is 3.15. The Morgan fingerprint density at radius 2 is 1.87 bits per heavy atom. The fraction of sp³-hybridized carbons (Fsp3) is 0.273. The summed E-state index contributed by atoms with van der Waals surface area (Å²) in [7, 11) is 0. The van der Waals surface area contributed by atoms with Gasteiger partial charge in [0, 0.05) is 12.0 Å². The SMILES string of the molecule is CC(=O)CCc1ccccc1C(=O)[O-].[Na+]. The van der Waals surface area contributed by atoms with Crippen LogP contribution in [0.3, 0.4) is 0 Å². The van der Waals surface area contributed by atoms with Crippen LogP contribution < -0.4 is 34.7 Å². The zero-order valence-corrected chi connectivity index (χ0v) is 10.9. The molecule has 0 aromatic heterocycles. The molecule has 0 unspecified atom stereocenters. The molecule has 0 aliphatic carbocycles. The second-order valence-corrected chi connectivity index (χ2v) is 3.15. The standard InChI is InChI=1S/C11H12O3.Na/c1-8(12)6-7-9-4-2-3-5-10(9)11(13)14;/h2-5H,6-7H2,1H3,(H,13,14);/q;+1/p-1. The molecule has 0 N–H and O–H groups in total. The molecule has 74 valence electrons. The maximum Gasteiger partial charge on any atom is 1.00 e. The molecule has 1 rings (SSSR count). The molecule has 0 heterocycles. The monoisotopic (exact) mass is 214 g/mol. The summed E-state index contributed by atoms with van der Waals surface area (Å²) in [4.78, 5) is 21.4. The molecule has 0 fully saturated rings. The van der Waals surface area contributed by atoms with E-state index in [1.165, 1.54) is 13.0 Å². The summed E-state index contributed by atoms with van der Waals surface area (Å²) < 4.78 is 0. The normalized spacial score (nSPS) is 9.13. The number of ketones is 1. The molecule has 0 aliphatic rings. The van der Waals surface area contributed by atoms with E-state index in [2.05, 4.69) is 0 Å². The van der Waals surface area contributed by atoms with E-state index in [1.807, 2.05) is 0 Å². The Labute approximate surface area is 111 Å². The molecular weight excluding hydrogens is 203 g/mol. The minimum absolute atomic E-state index is 0. The predicted molar refractivity (Wildman–Crippen MR) is 49.8 cm³/mol. The number of carbonyl (C=O) groups excluding carboxylic acids is 2. The minimum Gasteiger partial charge on any atom is -0.545 e. The number of carboxylic acid groups (broad SMARTS) is 1. The van der Waals surface area contributed by atoms with E-state index in [1.54, 1.807) is 18.2 Å². The van der Waals surface area contributed by atoms with Crippen molar-refractivity contribution in [2.24, 2.45) is 0 Å². The molecule has 4 heteroatoms. The third-order valence-electron chi connectivity index (χ3n) is 1.98. The number of aryl methyl sites for hydroxylation is 1. The third-order valence-corrected chi connectivity index (χ3v) is 1.98. The Kier molecular flexibility index (Phi) is 6.48. The number of hydrogen-bond donors (Lipinski definition) is 0. The van der Waals surface area contributed by atoms with Crippen molar-refractivity contribution in [3.8, 4) is 0 Å². The van der Waals surface area contributed by atoms with E-state index in [4.69, 9.17) is 0 Å². The summed E-state index contributed by atoms with van der Waals surface area (Å²) >= 11 is 0. The molecule has 0 atom stereocenters. The average Bonchev–Trinajstić information content (AvgIpc) is 2.15. The molecule has 0 saturated carbocycles. The third kappa shape index (κ3) is 4.60. The van der Waals surface area contributed by atoms with Crippen molar-refractivity contribution < 1.29 is 44.3 Å². The molecule has 3 nitrogen and oxygen atoms in total. The van der Waals surface area contributed by atoms with E-state index in [9.17, 15) is 14.7 Å². The number of Topliss-reactive ketones (excluding diaryl/α,β-unsaturated/α-hetero) is 1. The Morgan fingerprint density at radius 1 is 1.27 bits per heavy atom. The van der Waals surface area contributed by atoms with Crippen LogP contribution in [0, 0.1) is 0 Å². The first-order valence-electron chi connectivity index (χ1n) is 4.40. The van der Waals surface area contributed by atoms with Crippen molar-refractivity contribution in [3.05, 3.63) is 35.4 Å². The summed E-state index contributed by atoms with van der Waals surface area (Å²) in [6.07, 6.45) is 0.823. The first-order chi connectivity index (χ1) is 6.61. The Hall–Kier alpha value is -0.640. The van der Waals surface area contributed by atoms with Crippen LogP contribution in [-0.4, -0.2) is 11.8 Å². The largest absolute Gasteiger partial charge is 1.00 e. The zero-order chi connectivity index (χ0) is 10.6. The van der Waals surface area contributed by atoms with E-state index in [0.29, 0.717) is 18.4 Å². The van der Waals surface area contributed by atoms with Gasteiger partial charge in [0.15, 0.2) is 0 Å². The molecule has 0 saturated heterocycles. The molecule has 15 heavy (non-hydrogen) atoms. The van der Waals surface area contributed by atoms with Gasteiger partial charge in [0.05, 0.1) is 5.97 Å². The first kappa shape index (κ1) is 14.4. The first-order valence-corrected chi connectivity index (χ1v) is 4.40. The fourth-order valence-electron chi connectivity index (χ4n) is 1.25. The van der Waals surface area contributed by atoms with Crippen LogP contribution in [0.5, 0.6) is 0 Å². The molecule has 0 aliphatic heterocycles. The van der Waals surface area contributed by atoms with Gasteiger partial charge < -0.3 is 14.7 Å². The van der Waals surface area contributed by atoms with Crippen molar-refractivity contribution in [1.29, 1.82) is 0 Å². The van der Waals surface area contributed by atoms with Crippen molar-refractivity contribution in [3.63, 3.8) is 0 Å². The van der Waals surface area contributed by atoms with Crippen LogP contribution in [0.15, 0.2) is 24.3 Å². The molecule has 1 aromatic carbocycles. The predicted octanol–water partition coefficient (Wildman–Crippen LogP) is -2.42. The van der Waals surface area contributed by atoms with Gasteiger partial charge in [0.2, 0.25) is 0 Å². The van der Waals surface area contributed by atoms with Gasteiger partial charge in [-0.05, 0) is 18.9 Å². The molecule has 1 aromatic rings. The van der Waals surface area contributed by atoms with Gasteiger partial charge in [0.1, 0.15) is 5.78 Å². The van der Waals surface area contributed by atoms with Crippen LogP contribution in [0.25, 0.3) is 0 Å². The second kappa shape index (κ2) is 6.77. The smallest absolute Gasteiger partial charge is 0.545 e. The molecule has 0 spiro atoms. The summed E-state index contributed by atoms with van der Waals surface area (Å²) in [5.74, 6) is -1.14. The summed E-state index contributed by atoms with van der Waals surface area (Å²) in [6.45, 7) is 1.49. The van der Waals surface area contributed by atoms with Gasteiger partial charge in [-0.15, -0.1) is 0 Å². The Bertz CT molecular complexity index is 361. The molecule has 0 amide bonds. The topological polar surface area (TPSA) is 57.2 Å². The van der Waals surface area contributed by atoms with Gasteiger partial charge in [-0.3, -0.25) is 0 Å². The van der Waals surface area contributed by atoms with Crippen LogP contribution >= 0.6 is 0 Å². The van der Waals surface area contributed by atoms with E-state index >= 15 is 0 Å². The maximum absolute atomic E-state index is 10.7. The van der Waals surface area contributed by atoms with Crippen LogP contribution in [0.4, 0.5) is 0 Å². The quantitative estimate of drug-likeness (QED) is 0.524. The maximum atomic E-state index is 10.7. The Morgan fingerprint density at radius 3 is 2.40 bits per heavy atom. The summed E-state index contributed by atoms with van der Waals surface area (Å²) in [5, 5.41) is 10.7. The van der Waals surface area contributed by atoms with Gasteiger partial charge in [-0.25, -0.2) is 0 Å². The van der Waals surface area contributed by atoms with Crippen LogP contribution in [0.1, 0.15) is 29.3 Å². The van der Waals surface area contributed by atoms with Crippen molar-refractivity contribution in [2.75, 3.05) is 0 Å². The number of hydrogen-bond acceptors (Lipinski definition) is 3. The molecular formula is C11H11NaO3. The van der Waals surface area contributed by atoms with E-state index < -0.39 is 5.97 Å². The van der Waals surface area contributed by atoms with Crippen LogP contribution in [-0.2, 0) is 11.2 Å². The number of carboxylic acids is 1. The van der Waals surface area contributed by atoms with Crippen LogP contribution in [0.2, 0.25) is 0 Å². The van der Waals surface area contributed by atoms with Gasteiger partial charge >= 0.3 is 29.6 Å². The van der Waals surface area contributed by atoms with E-state index in [0.717, 1.165) is 0 Å². The zero-order valence-electron chi connectivity index (χ0n) is 8.95. The van der Waals surface area contributed by atoms with Crippen molar-refractivity contribution in [2.45, 2.75) is 19.8 Å². The summed E-state index contributed by atoms with van der Waals surface area (Å²) in [6, 6.07) is 6.59.